The van der Waals surface area contributed by atoms with Crippen LogP contribution in [0.2, 0.25) is 0 Å². The lowest BCUT2D eigenvalue weighted by molar-refractivity contribution is -0.136. The van der Waals surface area contributed by atoms with Gasteiger partial charge in [0.05, 0.1) is 11.3 Å². The van der Waals surface area contributed by atoms with E-state index >= 15 is 8.78 Å². The summed E-state index contributed by atoms with van der Waals surface area (Å²) in [6.07, 6.45) is 6.37. The fourth-order valence-electron chi connectivity index (χ4n) is 10.6. The number of nitrogens with zero attached hydrogens (tertiary/aromatic N) is 6. The van der Waals surface area contributed by atoms with Crippen LogP contribution in [-0.2, 0) is 26.3 Å². The van der Waals surface area contributed by atoms with Crippen LogP contribution in [-0.4, -0.2) is 127 Å². The van der Waals surface area contributed by atoms with Crippen molar-refractivity contribution in [2.45, 2.75) is 76.7 Å². The molecule has 19 heteroatoms. The quantitative estimate of drug-likeness (QED) is 0.0994. The Morgan fingerprint density at radius 2 is 1.61 bits per heavy atom. The van der Waals surface area contributed by atoms with Gasteiger partial charge >= 0.3 is 10.2 Å². The molecular weight excluding hydrogens is 912 g/mol. The molecule has 7 heterocycles. The van der Waals surface area contributed by atoms with Crippen molar-refractivity contribution in [3.8, 4) is 11.1 Å². The van der Waals surface area contributed by atoms with Crippen LogP contribution >= 0.6 is 0 Å². The molecule has 0 aliphatic carbocycles. The summed E-state index contributed by atoms with van der Waals surface area (Å²) in [7, 11) is -4.36. The minimum atomic E-state index is -4.36. The van der Waals surface area contributed by atoms with E-state index in [-0.39, 0.29) is 43.3 Å². The van der Waals surface area contributed by atoms with Crippen molar-refractivity contribution < 1.29 is 40.8 Å². The molecule has 3 N–H and O–H groups in total. The van der Waals surface area contributed by atoms with Crippen molar-refractivity contribution in [1.29, 1.82) is 0 Å². The fraction of sp³-hybridized carbons (Fsp3) is 0.420. The van der Waals surface area contributed by atoms with Gasteiger partial charge in [0.15, 0.2) is 5.82 Å². The van der Waals surface area contributed by atoms with Gasteiger partial charge in [-0.2, -0.15) is 12.7 Å². The molecule has 69 heavy (non-hydrogen) atoms. The predicted octanol–water partition coefficient (Wildman–Crippen LogP) is 6.41. The first-order chi connectivity index (χ1) is 33.2. The average molecular weight is 966 g/mol. The maximum absolute atomic E-state index is 15.8. The fourth-order valence-corrected chi connectivity index (χ4v) is 11.9. The van der Waals surface area contributed by atoms with Gasteiger partial charge in [-0.1, -0.05) is 12.1 Å². The van der Waals surface area contributed by atoms with Crippen molar-refractivity contribution in [2.75, 3.05) is 66.9 Å². The van der Waals surface area contributed by atoms with Crippen LogP contribution in [0.25, 0.3) is 22.2 Å². The predicted molar refractivity (Wildman–Crippen MR) is 255 cm³/mol. The lowest BCUT2D eigenvalue weighted by atomic mass is 9.94. The molecule has 5 aliphatic heterocycles. The Hall–Kier alpha value is -6.31. The molecule has 4 fully saturated rings. The zero-order valence-corrected chi connectivity index (χ0v) is 39.0. The van der Waals surface area contributed by atoms with E-state index < -0.39 is 57.0 Å². The number of fused-ring (bicyclic) bond motifs is 2. The Balaban J connectivity index is 0.731. The number of halogens is 3. The summed E-state index contributed by atoms with van der Waals surface area (Å²) in [6, 6.07) is 17.3. The number of amides is 3. The van der Waals surface area contributed by atoms with Gasteiger partial charge in [-0.05, 0) is 111 Å². The number of carbonyl (C=O) groups excluding carboxylic acids is 4. The topological polar surface area (TPSA) is 171 Å². The molecule has 4 saturated heterocycles. The summed E-state index contributed by atoms with van der Waals surface area (Å²) in [5, 5.41) is 2.71. The summed E-state index contributed by atoms with van der Waals surface area (Å²) in [5.41, 5.74) is 3.99. The number of aromatic nitrogens is 2. The Labute approximate surface area is 398 Å². The zero-order chi connectivity index (χ0) is 48.1. The molecule has 10 rings (SSSR count). The highest BCUT2D eigenvalue weighted by atomic mass is 32.2. The van der Waals surface area contributed by atoms with Crippen molar-refractivity contribution in [1.82, 2.24) is 29.4 Å². The number of H-pyrrole nitrogens is 1. The molecule has 1 unspecified atom stereocenters. The van der Waals surface area contributed by atoms with E-state index in [1.165, 1.54) is 6.20 Å². The number of anilines is 3. The Morgan fingerprint density at radius 1 is 0.855 bits per heavy atom. The van der Waals surface area contributed by atoms with Gasteiger partial charge in [0.25, 0.3) is 5.91 Å². The van der Waals surface area contributed by atoms with E-state index in [1.807, 2.05) is 29.0 Å². The molecule has 0 spiro atoms. The molecule has 3 aromatic carbocycles. The molecule has 15 nitrogen and oxygen atoms in total. The highest BCUT2D eigenvalue weighted by Gasteiger charge is 2.40. The van der Waals surface area contributed by atoms with Crippen molar-refractivity contribution in [2.24, 2.45) is 5.92 Å². The number of rotatable bonds is 11. The minimum Gasteiger partial charge on any atom is -0.372 e. The number of carbonyl (C=O) groups is 4. The second kappa shape index (κ2) is 18.9. The van der Waals surface area contributed by atoms with E-state index in [4.69, 9.17) is 0 Å². The second-order valence-electron chi connectivity index (χ2n) is 19.0. The number of alkyl halides is 1. The number of ketones is 1. The number of hydrogen-bond acceptors (Lipinski definition) is 10. The van der Waals surface area contributed by atoms with Gasteiger partial charge in [-0.25, -0.2) is 18.2 Å². The summed E-state index contributed by atoms with van der Waals surface area (Å²) in [4.78, 5) is 67.7. The number of benzene rings is 3. The lowest BCUT2D eigenvalue weighted by Crippen LogP contribution is -2.52. The van der Waals surface area contributed by atoms with Gasteiger partial charge < -0.3 is 24.6 Å². The molecule has 3 amide bonds. The number of hydrogen-bond donors (Lipinski definition) is 3. The van der Waals surface area contributed by atoms with Crippen molar-refractivity contribution in [3.05, 3.63) is 107 Å². The van der Waals surface area contributed by atoms with E-state index in [1.54, 1.807) is 17.2 Å². The Bertz CT molecular complexity index is 2940. The molecule has 0 radical (unpaired) electrons. The third-order valence-corrected chi connectivity index (χ3v) is 16.1. The average Bonchev–Trinajstić information content (AvgIpc) is 4.07. The van der Waals surface area contributed by atoms with Crippen LogP contribution in [0.3, 0.4) is 0 Å². The monoisotopic (exact) mass is 965 g/mol. The third-order valence-electron chi connectivity index (χ3n) is 14.6. The molecule has 5 aromatic rings. The summed E-state index contributed by atoms with van der Waals surface area (Å²) >= 11 is 0. The first kappa shape index (κ1) is 46.4. The van der Waals surface area contributed by atoms with Gasteiger partial charge in [-0.15, -0.1) is 0 Å². The highest BCUT2D eigenvalue weighted by Crippen LogP contribution is 2.34. The first-order valence-electron chi connectivity index (χ1n) is 23.7. The Kier molecular flexibility index (Phi) is 12.7. The number of imide groups is 1. The molecule has 3 atom stereocenters. The first-order valence-corrected chi connectivity index (χ1v) is 25.2. The standard InChI is InChI=1S/C50H54F3N9O6S/c1-30-13-19-58(37-7-8-38-34(23-37)28-62(50(38)66)43-11-12-44(63)56-49(43)65)17-2-18-60(30)27-31-14-20-59(21-15-31)36-5-3-32(4-6-36)33-24-39-40(26-55-48(39)54-25-33)47(64)45-41(52)9-10-42(46(45)53)57-69(67,68)61-22-16-35(51)29-61/h3-10,23-26,30-31,35,43,57H,2,11-22,27-29H2,1H3,(H,54,55)(H,56,63,65)/t30-,35+,43?/m0/s1. The van der Waals surface area contributed by atoms with Crippen LogP contribution in [0.1, 0.15) is 83.7 Å². The number of piperidine rings is 2. The molecular formula is C50H54F3N9O6S. The van der Waals surface area contributed by atoms with E-state index in [2.05, 4.69) is 55.1 Å². The van der Waals surface area contributed by atoms with Gasteiger partial charge in [0.1, 0.15) is 23.7 Å². The highest BCUT2D eigenvalue weighted by molar-refractivity contribution is 7.90. The van der Waals surface area contributed by atoms with Crippen LogP contribution in [0.15, 0.2) is 73.1 Å². The van der Waals surface area contributed by atoms with Crippen LogP contribution in [0, 0.1) is 17.6 Å². The van der Waals surface area contributed by atoms with Crippen LogP contribution in [0.5, 0.6) is 0 Å². The Morgan fingerprint density at radius 3 is 2.36 bits per heavy atom. The molecule has 5 aliphatic rings. The zero-order valence-electron chi connectivity index (χ0n) is 38.2. The molecule has 0 saturated carbocycles. The van der Waals surface area contributed by atoms with E-state index in [0.29, 0.717) is 47.1 Å². The van der Waals surface area contributed by atoms with E-state index in [0.717, 1.165) is 104 Å². The largest absolute Gasteiger partial charge is 0.372 e. The van der Waals surface area contributed by atoms with Gasteiger partial charge in [-0.3, -0.25) is 29.2 Å². The van der Waals surface area contributed by atoms with Crippen LogP contribution in [0.4, 0.5) is 30.2 Å². The maximum atomic E-state index is 15.8. The third kappa shape index (κ3) is 9.31. The summed E-state index contributed by atoms with van der Waals surface area (Å²) in [6.45, 7) is 7.91. The number of pyridine rings is 1. The minimum absolute atomic E-state index is 0.00431. The smallest absolute Gasteiger partial charge is 0.301 e. The molecule has 0 bridgehead atoms. The maximum Gasteiger partial charge on any atom is 0.301 e. The summed E-state index contributed by atoms with van der Waals surface area (Å²) in [5.74, 6) is -3.83. The molecule has 362 valence electrons. The van der Waals surface area contributed by atoms with Gasteiger partial charge in [0, 0.05) is 117 Å². The van der Waals surface area contributed by atoms with Crippen molar-refractivity contribution >= 4 is 61.8 Å². The van der Waals surface area contributed by atoms with E-state index in [9.17, 15) is 32.0 Å². The second-order valence-corrected chi connectivity index (χ2v) is 20.6. The summed E-state index contributed by atoms with van der Waals surface area (Å²) < 4.78 is 73.3. The SMILES string of the molecule is C[C@H]1CCN(c2ccc3c(c2)CN(C2CCC(=O)NC2=O)C3=O)CCCN1CC1CCN(c2ccc(-c3cnc4[nH]cc(C(=O)c5c(F)ccc(NS(=O)(=O)N6CC[C@@H](F)C6)c5F)c4c3)cc2)CC1. The van der Waals surface area contributed by atoms with Crippen LogP contribution < -0.4 is 19.8 Å². The number of nitrogens with one attached hydrogen (secondary N) is 3. The number of aromatic amines is 1. The normalized spacial score (nSPS) is 22.2. The lowest BCUT2D eigenvalue weighted by Gasteiger charge is -2.40. The van der Waals surface area contributed by atoms with Gasteiger partial charge in [0.2, 0.25) is 17.6 Å². The van der Waals surface area contributed by atoms with Crippen molar-refractivity contribution in [3.63, 3.8) is 0 Å². The molecule has 2 aromatic heterocycles.